The highest BCUT2D eigenvalue weighted by atomic mass is 16.6. The van der Waals surface area contributed by atoms with Gasteiger partial charge in [0.05, 0.1) is 18.7 Å². The molecule has 18 heavy (non-hydrogen) atoms. The Hall–Kier alpha value is -1.30. The summed E-state index contributed by atoms with van der Waals surface area (Å²) in [7, 11) is 0. The molecule has 0 radical (unpaired) electrons. The first-order chi connectivity index (χ1) is 8.21. The van der Waals surface area contributed by atoms with Crippen LogP contribution >= 0.6 is 0 Å². The molecule has 0 aromatic carbocycles. The molecule has 102 valence electrons. The molecule has 1 N–H and O–H groups in total. The number of nitrogens with zero attached hydrogens (tertiary/aromatic N) is 1. The third-order valence-electron chi connectivity index (χ3n) is 2.99. The van der Waals surface area contributed by atoms with E-state index in [0.717, 1.165) is 12.8 Å². The number of aliphatic carboxylic acids is 1. The first-order valence-electron chi connectivity index (χ1n) is 6.09. The van der Waals surface area contributed by atoms with Gasteiger partial charge in [0.25, 0.3) is 0 Å². The number of rotatable bonds is 1. The van der Waals surface area contributed by atoms with Crippen LogP contribution in [0.1, 0.15) is 33.6 Å². The van der Waals surface area contributed by atoms with E-state index in [4.69, 9.17) is 14.6 Å². The Morgan fingerprint density at radius 3 is 2.44 bits per heavy atom. The second-order valence-corrected chi connectivity index (χ2v) is 5.99. The lowest BCUT2D eigenvalue weighted by Crippen LogP contribution is -2.54. The summed E-state index contributed by atoms with van der Waals surface area (Å²) in [6.07, 6.45) is 0.184. The zero-order chi connectivity index (χ0) is 13.6. The normalized spacial score (nSPS) is 25.9. The Bertz CT molecular complexity index is 369. The van der Waals surface area contributed by atoms with Crippen LogP contribution < -0.4 is 0 Å². The van der Waals surface area contributed by atoms with Crippen molar-refractivity contribution in [3.05, 3.63) is 0 Å². The largest absolute Gasteiger partial charge is 0.479 e. The summed E-state index contributed by atoms with van der Waals surface area (Å²) in [6.45, 7) is 5.82. The Kier molecular flexibility index (Phi) is 3.01. The van der Waals surface area contributed by atoms with Crippen molar-refractivity contribution in [2.75, 3.05) is 13.1 Å². The van der Waals surface area contributed by atoms with E-state index in [1.54, 1.807) is 20.8 Å². The molecule has 2 aliphatic rings. The number of amides is 1. The molecule has 6 heteroatoms. The zero-order valence-electron chi connectivity index (χ0n) is 10.9. The number of morpholine rings is 1. The van der Waals surface area contributed by atoms with E-state index in [2.05, 4.69) is 0 Å². The van der Waals surface area contributed by atoms with Crippen molar-refractivity contribution in [3.63, 3.8) is 0 Å². The van der Waals surface area contributed by atoms with Crippen LogP contribution in [0.25, 0.3) is 0 Å². The maximum Gasteiger partial charge on any atom is 0.410 e. The maximum atomic E-state index is 12.0. The minimum atomic E-state index is -1.03. The van der Waals surface area contributed by atoms with Crippen molar-refractivity contribution < 1.29 is 24.2 Å². The first-order valence-corrected chi connectivity index (χ1v) is 6.09. The van der Waals surface area contributed by atoms with Gasteiger partial charge in [-0.25, -0.2) is 9.59 Å². The van der Waals surface area contributed by atoms with E-state index in [-0.39, 0.29) is 6.54 Å². The minimum absolute atomic E-state index is 0.0476. The Morgan fingerprint density at radius 1 is 1.39 bits per heavy atom. The molecular formula is C12H19NO5. The quantitative estimate of drug-likeness (QED) is 0.764. The van der Waals surface area contributed by atoms with Gasteiger partial charge in [-0.1, -0.05) is 0 Å². The summed E-state index contributed by atoms with van der Waals surface area (Å²) >= 11 is 0. The third kappa shape index (κ3) is 2.93. The molecule has 1 saturated heterocycles. The second kappa shape index (κ2) is 4.12. The van der Waals surface area contributed by atoms with Crippen molar-refractivity contribution in [1.29, 1.82) is 0 Å². The second-order valence-electron chi connectivity index (χ2n) is 5.99. The number of ether oxygens (including phenoxy) is 2. The van der Waals surface area contributed by atoms with Crippen LogP contribution in [0.3, 0.4) is 0 Å². The van der Waals surface area contributed by atoms with Gasteiger partial charge in [0.2, 0.25) is 0 Å². The van der Waals surface area contributed by atoms with Crippen LogP contribution in [-0.4, -0.2) is 52.5 Å². The van der Waals surface area contributed by atoms with E-state index in [1.807, 2.05) is 0 Å². The SMILES string of the molecule is CC(C)(C)OC(=O)N1CC(C(=O)O)OC2(CC2)C1. The van der Waals surface area contributed by atoms with Gasteiger partial charge in [-0.15, -0.1) is 0 Å². The highest BCUT2D eigenvalue weighted by Gasteiger charge is 2.53. The summed E-state index contributed by atoms with van der Waals surface area (Å²) in [6, 6.07) is 0. The predicted molar refractivity (Wildman–Crippen MR) is 62.3 cm³/mol. The maximum absolute atomic E-state index is 12.0. The van der Waals surface area contributed by atoms with Crippen LogP contribution in [0.5, 0.6) is 0 Å². The number of hydrogen-bond acceptors (Lipinski definition) is 4. The van der Waals surface area contributed by atoms with E-state index in [9.17, 15) is 9.59 Å². The van der Waals surface area contributed by atoms with Gasteiger partial charge in [0, 0.05) is 0 Å². The molecule has 1 aliphatic heterocycles. The fraction of sp³-hybridized carbons (Fsp3) is 0.833. The fourth-order valence-electron chi connectivity index (χ4n) is 2.00. The van der Waals surface area contributed by atoms with Gasteiger partial charge < -0.3 is 19.5 Å². The lowest BCUT2D eigenvalue weighted by Gasteiger charge is -2.37. The number of carbonyl (C=O) groups is 2. The van der Waals surface area contributed by atoms with Gasteiger partial charge in [0.1, 0.15) is 5.60 Å². The van der Waals surface area contributed by atoms with Crippen LogP contribution in [0.2, 0.25) is 0 Å². The van der Waals surface area contributed by atoms with Gasteiger partial charge in [0.15, 0.2) is 6.10 Å². The molecule has 2 rings (SSSR count). The van der Waals surface area contributed by atoms with Crippen molar-refractivity contribution in [1.82, 2.24) is 4.90 Å². The van der Waals surface area contributed by atoms with Gasteiger partial charge in [-0.2, -0.15) is 0 Å². The fourth-order valence-corrected chi connectivity index (χ4v) is 2.00. The summed E-state index contributed by atoms with van der Waals surface area (Å²) in [5.41, 5.74) is -1.02. The van der Waals surface area contributed by atoms with E-state index in [0.29, 0.717) is 6.54 Å². The number of carboxylic acids is 1. The first kappa shape index (κ1) is 13.1. The minimum Gasteiger partial charge on any atom is -0.479 e. The molecular weight excluding hydrogens is 238 g/mol. The molecule has 1 heterocycles. The Morgan fingerprint density at radius 2 is 2.00 bits per heavy atom. The highest BCUT2D eigenvalue weighted by molar-refractivity contribution is 5.75. The average Bonchev–Trinajstić information content (AvgIpc) is 2.94. The molecule has 1 atom stereocenters. The predicted octanol–water partition coefficient (Wildman–Crippen LogP) is 1.24. The molecule has 1 saturated carbocycles. The lowest BCUT2D eigenvalue weighted by molar-refractivity contribution is -0.166. The molecule has 0 aromatic rings. The monoisotopic (exact) mass is 257 g/mol. The smallest absolute Gasteiger partial charge is 0.410 e. The number of carbonyl (C=O) groups excluding carboxylic acids is 1. The van der Waals surface area contributed by atoms with Gasteiger partial charge in [-0.3, -0.25) is 0 Å². The molecule has 0 aromatic heterocycles. The van der Waals surface area contributed by atoms with E-state index in [1.165, 1.54) is 4.90 Å². The molecule has 1 unspecified atom stereocenters. The summed E-state index contributed by atoms with van der Waals surface area (Å²) in [5, 5.41) is 9.03. The van der Waals surface area contributed by atoms with Crippen LogP contribution in [0, 0.1) is 0 Å². The van der Waals surface area contributed by atoms with Crippen LogP contribution in [0.4, 0.5) is 4.79 Å². The molecule has 1 spiro atoms. The summed E-state index contributed by atoms with van der Waals surface area (Å²) < 4.78 is 10.8. The Labute approximate surface area is 106 Å². The van der Waals surface area contributed by atoms with Crippen molar-refractivity contribution in [2.24, 2.45) is 0 Å². The topological polar surface area (TPSA) is 76.1 Å². The van der Waals surface area contributed by atoms with Crippen LogP contribution in [-0.2, 0) is 14.3 Å². The number of carboxylic acid groups (broad SMARTS) is 1. The highest BCUT2D eigenvalue weighted by Crippen LogP contribution is 2.43. The Balaban J connectivity index is 2.04. The molecule has 6 nitrogen and oxygen atoms in total. The zero-order valence-corrected chi connectivity index (χ0v) is 10.9. The standard InChI is InChI=1S/C12H19NO5/c1-11(2,3)18-10(16)13-6-8(9(14)15)17-12(7-13)4-5-12/h8H,4-7H2,1-3H3,(H,14,15). The molecule has 1 amide bonds. The molecule has 2 fully saturated rings. The number of hydrogen-bond donors (Lipinski definition) is 1. The van der Waals surface area contributed by atoms with Gasteiger partial charge in [-0.05, 0) is 33.6 Å². The third-order valence-corrected chi connectivity index (χ3v) is 2.99. The average molecular weight is 257 g/mol. The van der Waals surface area contributed by atoms with Crippen LogP contribution in [0.15, 0.2) is 0 Å². The van der Waals surface area contributed by atoms with Gasteiger partial charge >= 0.3 is 12.1 Å². The lowest BCUT2D eigenvalue weighted by atomic mass is 10.2. The van der Waals surface area contributed by atoms with Crippen molar-refractivity contribution in [3.8, 4) is 0 Å². The van der Waals surface area contributed by atoms with Crippen molar-refractivity contribution in [2.45, 2.75) is 50.9 Å². The molecule has 1 aliphatic carbocycles. The van der Waals surface area contributed by atoms with E-state index < -0.39 is 29.4 Å². The summed E-state index contributed by atoms with van der Waals surface area (Å²) in [5.74, 6) is -1.03. The summed E-state index contributed by atoms with van der Waals surface area (Å²) in [4.78, 5) is 24.4. The van der Waals surface area contributed by atoms with E-state index >= 15 is 0 Å². The van der Waals surface area contributed by atoms with Crippen molar-refractivity contribution >= 4 is 12.1 Å². The molecule has 0 bridgehead atoms.